The first-order chi connectivity index (χ1) is 7.29. The van der Waals surface area contributed by atoms with Gasteiger partial charge >= 0.3 is 6.09 Å². The highest BCUT2D eigenvalue weighted by atomic mass is 16.6. The highest BCUT2D eigenvalue weighted by molar-refractivity contribution is 5.76. The zero-order valence-electron chi connectivity index (χ0n) is 10.5. The van der Waals surface area contributed by atoms with E-state index in [1.54, 1.807) is 11.8 Å². The summed E-state index contributed by atoms with van der Waals surface area (Å²) >= 11 is 0. The van der Waals surface area contributed by atoms with Crippen LogP contribution >= 0.6 is 0 Å². The minimum Gasteiger partial charge on any atom is -0.444 e. The number of hydrogen-bond donors (Lipinski definition) is 1. The second-order valence-electron chi connectivity index (χ2n) is 5.04. The van der Waals surface area contributed by atoms with Crippen LogP contribution < -0.4 is 0 Å². The average Bonchev–Trinajstić information content (AvgIpc) is 2.15. The van der Waals surface area contributed by atoms with Crippen molar-refractivity contribution < 1.29 is 9.53 Å². The number of piperazine rings is 1. The van der Waals surface area contributed by atoms with Crippen LogP contribution in [0.5, 0.6) is 0 Å². The van der Waals surface area contributed by atoms with Gasteiger partial charge in [-0.2, -0.15) is 0 Å². The summed E-state index contributed by atoms with van der Waals surface area (Å²) in [5, 5.41) is 7.50. The fourth-order valence-electron chi connectivity index (χ4n) is 1.55. The molecule has 0 saturated carbocycles. The minimum absolute atomic E-state index is 0.255. The lowest BCUT2D eigenvalue weighted by Gasteiger charge is -2.36. The molecular weight excluding hydrogens is 206 g/mol. The van der Waals surface area contributed by atoms with Crippen molar-refractivity contribution in [2.24, 2.45) is 0 Å². The first-order valence-electron chi connectivity index (χ1n) is 5.57. The number of amides is 1. The lowest BCUT2D eigenvalue weighted by atomic mass is 10.2. The second kappa shape index (κ2) is 4.72. The third-order valence-electron chi connectivity index (χ3n) is 2.41. The molecule has 0 aliphatic carbocycles. The second-order valence-corrected chi connectivity index (χ2v) is 5.04. The van der Waals surface area contributed by atoms with Gasteiger partial charge in [0.2, 0.25) is 0 Å². The van der Waals surface area contributed by atoms with Crippen LogP contribution in [0.1, 0.15) is 27.7 Å². The Morgan fingerprint density at radius 3 is 1.94 bits per heavy atom. The molecule has 0 aromatic carbocycles. The Labute approximate surface area is 96.9 Å². The lowest BCUT2D eigenvalue weighted by Crippen LogP contribution is -2.51. The number of hydrogen-bond acceptors (Lipinski definition) is 3. The Bertz CT molecular complexity index is 275. The van der Waals surface area contributed by atoms with E-state index in [2.05, 4.69) is 0 Å². The first kappa shape index (κ1) is 12.8. The fourth-order valence-corrected chi connectivity index (χ4v) is 1.55. The topological polar surface area (TPSA) is 56.6 Å². The Kier molecular flexibility index (Phi) is 3.78. The number of nitrogens with one attached hydrogen (secondary N) is 1. The summed E-state index contributed by atoms with van der Waals surface area (Å²) in [6.07, 6.45) is -0.255. The molecule has 1 N–H and O–H groups in total. The molecule has 5 heteroatoms. The van der Waals surface area contributed by atoms with Crippen LogP contribution in [0, 0.1) is 5.41 Å². The summed E-state index contributed by atoms with van der Waals surface area (Å²) < 4.78 is 5.29. The summed E-state index contributed by atoms with van der Waals surface area (Å²) in [4.78, 5) is 15.4. The molecule has 0 radical (unpaired) electrons. The molecule has 0 aromatic rings. The summed E-state index contributed by atoms with van der Waals surface area (Å²) in [7, 11) is 0. The molecule has 1 aliphatic heterocycles. The van der Waals surface area contributed by atoms with Crippen LogP contribution in [0.3, 0.4) is 0 Å². The van der Waals surface area contributed by atoms with Crippen molar-refractivity contribution in [1.82, 2.24) is 9.80 Å². The van der Waals surface area contributed by atoms with Crippen LogP contribution in [-0.2, 0) is 4.74 Å². The molecule has 0 atom stereocenters. The highest BCUT2D eigenvalue weighted by Crippen LogP contribution is 2.11. The van der Waals surface area contributed by atoms with E-state index in [0.717, 1.165) is 0 Å². The number of rotatable bonds is 0. The molecule has 1 aliphatic rings. The van der Waals surface area contributed by atoms with Crippen molar-refractivity contribution in [3.63, 3.8) is 0 Å². The van der Waals surface area contributed by atoms with Gasteiger partial charge in [-0.05, 0) is 27.7 Å². The average molecular weight is 227 g/mol. The lowest BCUT2D eigenvalue weighted by molar-refractivity contribution is 0.0186. The van der Waals surface area contributed by atoms with Gasteiger partial charge in [-0.25, -0.2) is 4.79 Å². The van der Waals surface area contributed by atoms with Gasteiger partial charge in [-0.1, -0.05) is 0 Å². The van der Waals surface area contributed by atoms with Crippen LogP contribution in [0.15, 0.2) is 0 Å². The van der Waals surface area contributed by atoms with E-state index in [-0.39, 0.29) is 6.09 Å². The molecular formula is C11H21N3O2. The van der Waals surface area contributed by atoms with E-state index >= 15 is 0 Å². The molecule has 1 fully saturated rings. The Balaban J connectivity index is 2.42. The van der Waals surface area contributed by atoms with E-state index in [9.17, 15) is 4.79 Å². The third kappa shape index (κ3) is 3.72. The molecule has 92 valence electrons. The number of carbonyl (C=O) groups is 1. The van der Waals surface area contributed by atoms with Crippen molar-refractivity contribution in [1.29, 1.82) is 5.41 Å². The summed E-state index contributed by atoms with van der Waals surface area (Å²) in [6.45, 7) is 10.1. The van der Waals surface area contributed by atoms with Gasteiger partial charge < -0.3 is 14.5 Å². The Morgan fingerprint density at radius 2 is 1.56 bits per heavy atom. The number of carbonyl (C=O) groups excluding carboxylic acids is 1. The molecule has 1 amide bonds. The third-order valence-corrected chi connectivity index (χ3v) is 2.41. The number of nitrogens with zero attached hydrogens (tertiary/aromatic N) is 2. The summed E-state index contributed by atoms with van der Waals surface area (Å²) in [5.41, 5.74) is -0.439. The van der Waals surface area contributed by atoms with Crippen molar-refractivity contribution in [3.8, 4) is 0 Å². The molecule has 5 nitrogen and oxygen atoms in total. The number of ether oxygens (including phenoxy) is 1. The standard InChI is InChI=1S/C11H21N3O2/c1-9(12)13-5-7-14(8-6-13)10(15)16-11(2,3)4/h12H,5-8H2,1-4H3. The summed E-state index contributed by atoms with van der Waals surface area (Å²) in [6, 6.07) is 0. The minimum atomic E-state index is -0.439. The van der Waals surface area contributed by atoms with E-state index in [4.69, 9.17) is 10.1 Å². The Morgan fingerprint density at radius 1 is 1.12 bits per heavy atom. The fraction of sp³-hybridized carbons (Fsp3) is 0.818. The molecule has 0 bridgehead atoms. The molecule has 16 heavy (non-hydrogen) atoms. The van der Waals surface area contributed by atoms with Gasteiger partial charge in [0.25, 0.3) is 0 Å². The van der Waals surface area contributed by atoms with Crippen molar-refractivity contribution in [3.05, 3.63) is 0 Å². The van der Waals surface area contributed by atoms with Crippen LogP contribution in [0.2, 0.25) is 0 Å². The predicted molar refractivity (Wildman–Crippen MR) is 62.8 cm³/mol. The Hall–Kier alpha value is -1.26. The molecule has 0 spiro atoms. The highest BCUT2D eigenvalue weighted by Gasteiger charge is 2.25. The van der Waals surface area contributed by atoms with E-state index < -0.39 is 5.60 Å². The maximum absolute atomic E-state index is 11.7. The van der Waals surface area contributed by atoms with Crippen molar-refractivity contribution in [2.45, 2.75) is 33.3 Å². The van der Waals surface area contributed by atoms with Crippen LogP contribution in [0.25, 0.3) is 0 Å². The van der Waals surface area contributed by atoms with Crippen LogP contribution in [0.4, 0.5) is 4.79 Å². The van der Waals surface area contributed by atoms with Gasteiger partial charge in [0, 0.05) is 26.2 Å². The maximum Gasteiger partial charge on any atom is 0.410 e. The van der Waals surface area contributed by atoms with Gasteiger partial charge in [-0.3, -0.25) is 5.41 Å². The normalized spacial score (nSPS) is 17.2. The van der Waals surface area contributed by atoms with Gasteiger partial charge in [-0.15, -0.1) is 0 Å². The number of amidine groups is 1. The first-order valence-corrected chi connectivity index (χ1v) is 5.57. The van der Waals surface area contributed by atoms with E-state index in [0.29, 0.717) is 32.0 Å². The zero-order valence-corrected chi connectivity index (χ0v) is 10.5. The molecule has 1 saturated heterocycles. The molecule has 0 unspecified atom stereocenters. The molecule has 0 aromatic heterocycles. The van der Waals surface area contributed by atoms with Gasteiger partial charge in [0.1, 0.15) is 5.60 Å². The quantitative estimate of drug-likeness (QED) is 0.504. The zero-order chi connectivity index (χ0) is 12.3. The van der Waals surface area contributed by atoms with E-state index in [1.165, 1.54) is 0 Å². The van der Waals surface area contributed by atoms with Gasteiger partial charge in [0.15, 0.2) is 0 Å². The van der Waals surface area contributed by atoms with Crippen molar-refractivity contribution >= 4 is 11.9 Å². The van der Waals surface area contributed by atoms with Crippen LogP contribution in [-0.4, -0.2) is 53.5 Å². The molecule has 1 heterocycles. The monoisotopic (exact) mass is 227 g/mol. The van der Waals surface area contributed by atoms with Gasteiger partial charge in [0.05, 0.1) is 5.84 Å². The summed E-state index contributed by atoms with van der Waals surface area (Å²) in [5.74, 6) is 0.559. The molecule has 1 rings (SSSR count). The SMILES string of the molecule is CC(=N)N1CCN(C(=O)OC(C)(C)C)CC1. The maximum atomic E-state index is 11.7. The smallest absolute Gasteiger partial charge is 0.410 e. The largest absolute Gasteiger partial charge is 0.444 e. The van der Waals surface area contributed by atoms with E-state index in [1.807, 2.05) is 25.7 Å². The van der Waals surface area contributed by atoms with Crippen molar-refractivity contribution in [2.75, 3.05) is 26.2 Å². The predicted octanol–water partition coefficient (Wildman–Crippen LogP) is 1.54.